The molecule has 1 aromatic rings. The van der Waals surface area contributed by atoms with E-state index in [1.54, 1.807) is 0 Å². The molecule has 18 heavy (non-hydrogen) atoms. The first kappa shape index (κ1) is 15.5. The topological polar surface area (TPSA) is 46.2 Å². The molecule has 3 nitrogen and oxygen atoms in total. The minimum Gasteiger partial charge on any atom is -0.315 e. The highest BCUT2D eigenvalue weighted by molar-refractivity contribution is 7.98. The minimum absolute atomic E-state index is 0.218. The van der Waals surface area contributed by atoms with E-state index < -0.39 is 9.84 Å². The number of nitrogens with one attached hydrogen (secondary N) is 1. The lowest BCUT2D eigenvalue weighted by Crippen LogP contribution is -2.24. The monoisotopic (exact) mass is 287 g/mol. The van der Waals surface area contributed by atoms with Gasteiger partial charge in [-0.25, -0.2) is 8.42 Å². The molecule has 5 heteroatoms. The fraction of sp³-hybridized carbons (Fsp3) is 0.538. The van der Waals surface area contributed by atoms with Crippen molar-refractivity contribution in [3.63, 3.8) is 0 Å². The largest absolute Gasteiger partial charge is 0.315 e. The lowest BCUT2D eigenvalue weighted by atomic mass is 10.2. The summed E-state index contributed by atoms with van der Waals surface area (Å²) in [6, 6.07) is 8.51. The predicted molar refractivity (Wildman–Crippen MR) is 79.9 cm³/mol. The zero-order valence-corrected chi connectivity index (χ0v) is 12.6. The molecule has 0 radical (unpaired) electrons. The first-order chi connectivity index (χ1) is 8.47. The van der Waals surface area contributed by atoms with Gasteiger partial charge in [0, 0.05) is 30.9 Å². The number of hydrogen-bond donors (Lipinski definition) is 1. The van der Waals surface area contributed by atoms with E-state index in [1.165, 1.54) is 17.4 Å². The highest BCUT2D eigenvalue weighted by Crippen LogP contribution is 2.12. The molecule has 0 bridgehead atoms. The van der Waals surface area contributed by atoms with Crippen molar-refractivity contribution >= 4 is 21.6 Å². The number of aryl methyl sites for hydroxylation is 1. The van der Waals surface area contributed by atoms with Gasteiger partial charge in [0.15, 0.2) is 0 Å². The van der Waals surface area contributed by atoms with Crippen LogP contribution in [0.2, 0.25) is 0 Å². The van der Waals surface area contributed by atoms with Gasteiger partial charge >= 0.3 is 0 Å². The van der Waals surface area contributed by atoms with E-state index in [4.69, 9.17) is 0 Å². The van der Waals surface area contributed by atoms with Crippen molar-refractivity contribution in [3.8, 4) is 0 Å². The lowest BCUT2D eigenvalue weighted by molar-refractivity contribution is 0.598. The molecule has 0 aliphatic rings. The minimum atomic E-state index is -2.83. The van der Waals surface area contributed by atoms with Crippen LogP contribution in [0, 0.1) is 6.92 Å². The molecule has 1 aromatic carbocycles. The van der Waals surface area contributed by atoms with Crippen LogP contribution in [0.4, 0.5) is 0 Å². The Morgan fingerprint density at radius 2 is 2.06 bits per heavy atom. The maximum Gasteiger partial charge on any atom is 0.148 e. The van der Waals surface area contributed by atoms with E-state index in [2.05, 4.69) is 36.5 Å². The highest BCUT2D eigenvalue weighted by atomic mass is 32.2. The fourth-order valence-electron chi connectivity index (χ4n) is 1.52. The van der Waals surface area contributed by atoms with E-state index in [0.29, 0.717) is 6.54 Å². The average molecular weight is 287 g/mol. The predicted octanol–water partition coefficient (Wildman–Crippen LogP) is 1.86. The molecule has 1 N–H and O–H groups in total. The number of rotatable bonds is 8. The van der Waals surface area contributed by atoms with Crippen molar-refractivity contribution < 1.29 is 8.42 Å². The Labute approximate surface area is 114 Å². The van der Waals surface area contributed by atoms with Crippen LogP contribution < -0.4 is 5.32 Å². The summed E-state index contributed by atoms with van der Waals surface area (Å²) < 4.78 is 21.8. The second kappa shape index (κ2) is 7.81. The Kier molecular flexibility index (Phi) is 6.75. The molecule has 0 amide bonds. The summed E-state index contributed by atoms with van der Waals surface area (Å²) in [4.78, 5) is 0. The van der Waals surface area contributed by atoms with Crippen molar-refractivity contribution in [2.24, 2.45) is 0 Å². The molecule has 0 heterocycles. The lowest BCUT2D eigenvalue weighted by Gasteiger charge is -2.05. The van der Waals surface area contributed by atoms with Crippen molar-refractivity contribution in [3.05, 3.63) is 35.4 Å². The Bertz CT molecular complexity index is 458. The van der Waals surface area contributed by atoms with Gasteiger partial charge in [-0.2, -0.15) is 11.8 Å². The van der Waals surface area contributed by atoms with E-state index in [-0.39, 0.29) is 5.75 Å². The van der Waals surface area contributed by atoms with Gasteiger partial charge in [0.25, 0.3) is 0 Å². The van der Waals surface area contributed by atoms with Gasteiger partial charge in [0.1, 0.15) is 9.84 Å². The van der Waals surface area contributed by atoms with Crippen LogP contribution in [0.1, 0.15) is 11.1 Å². The van der Waals surface area contributed by atoms with Gasteiger partial charge < -0.3 is 5.32 Å². The summed E-state index contributed by atoms with van der Waals surface area (Å²) >= 11 is 1.86. The molecule has 0 aliphatic heterocycles. The SMILES string of the molecule is Cc1cccc(CSCCNCCS(C)(=O)=O)c1. The quantitative estimate of drug-likeness (QED) is 0.741. The molecule has 0 unspecified atom stereocenters. The maximum atomic E-state index is 10.9. The first-order valence-electron chi connectivity index (χ1n) is 5.99. The van der Waals surface area contributed by atoms with Gasteiger partial charge in [-0.05, 0) is 12.5 Å². The van der Waals surface area contributed by atoms with Gasteiger partial charge in [-0.1, -0.05) is 29.8 Å². The molecule has 0 spiro atoms. The van der Waals surface area contributed by atoms with Crippen LogP contribution in [0.3, 0.4) is 0 Å². The number of sulfone groups is 1. The van der Waals surface area contributed by atoms with Crippen LogP contribution in [-0.4, -0.2) is 39.3 Å². The second-order valence-electron chi connectivity index (χ2n) is 4.42. The third-order valence-corrected chi connectivity index (χ3v) is 4.40. The summed E-state index contributed by atoms with van der Waals surface area (Å²) in [5.74, 6) is 2.22. The van der Waals surface area contributed by atoms with Gasteiger partial charge in [0.2, 0.25) is 0 Å². The number of benzene rings is 1. The second-order valence-corrected chi connectivity index (χ2v) is 7.79. The number of thioether (sulfide) groups is 1. The van der Waals surface area contributed by atoms with Crippen LogP contribution in [-0.2, 0) is 15.6 Å². The van der Waals surface area contributed by atoms with Crippen LogP contribution in [0.15, 0.2) is 24.3 Å². The maximum absolute atomic E-state index is 10.9. The molecule has 0 fully saturated rings. The molecule has 0 aromatic heterocycles. The Balaban J connectivity index is 2.06. The van der Waals surface area contributed by atoms with Gasteiger partial charge in [-0.15, -0.1) is 0 Å². The third-order valence-electron chi connectivity index (χ3n) is 2.42. The molecule has 102 valence electrons. The van der Waals surface area contributed by atoms with Crippen LogP contribution >= 0.6 is 11.8 Å². The molecule has 1 rings (SSSR count). The Morgan fingerprint density at radius 3 is 2.72 bits per heavy atom. The molecule has 0 atom stereocenters. The average Bonchev–Trinajstić information content (AvgIpc) is 2.26. The summed E-state index contributed by atoms with van der Waals surface area (Å²) in [5.41, 5.74) is 2.63. The molecule has 0 aliphatic carbocycles. The van der Waals surface area contributed by atoms with E-state index in [1.807, 2.05) is 11.8 Å². The zero-order chi connectivity index (χ0) is 13.4. The van der Waals surface area contributed by atoms with E-state index in [9.17, 15) is 8.42 Å². The fourth-order valence-corrected chi connectivity index (χ4v) is 2.88. The summed E-state index contributed by atoms with van der Waals surface area (Å²) in [6.45, 7) is 3.50. The molecular formula is C13H21NO2S2. The third kappa shape index (κ3) is 7.74. The molecule has 0 saturated carbocycles. The van der Waals surface area contributed by atoms with Crippen LogP contribution in [0.5, 0.6) is 0 Å². The normalized spacial score (nSPS) is 11.7. The zero-order valence-electron chi connectivity index (χ0n) is 11.0. The summed E-state index contributed by atoms with van der Waals surface area (Å²) in [6.07, 6.45) is 1.27. The van der Waals surface area contributed by atoms with Crippen molar-refractivity contribution in [1.29, 1.82) is 0 Å². The Morgan fingerprint density at radius 1 is 1.28 bits per heavy atom. The standard InChI is InChI=1S/C13H21NO2S2/c1-12-4-3-5-13(10-12)11-17-8-6-14-7-9-18(2,15)16/h3-5,10,14H,6-9,11H2,1-2H3. The summed E-state index contributed by atoms with van der Waals surface area (Å²) in [5, 5.41) is 3.14. The Hall–Kier alpha value is -0.520. The molecular weight excluding hydrogens is 266 g/mol. The van der Waals surface area contributed by atoms with Crippen molar-refractivity contribution in [2.45, 2.75) is 12.7 Å². The van der Waals surface area contributed by atoms with Crippen LogP contribution in [0.25, 0.3) is 0 Å². The first-order valence-corrected chi connectivity index (χ1v) is 9.20. The van der Waals surface area contributed by atoms with E-state index in [0.717, 1.165) is 18.1 Å². The van der Waals surface area contributed by atoms with Crippen molar-refractivity contribution in [2.75, 3.05) is 30.9 Å². The van der Waals surface area contributed by atoms with Gasteiger partial charge in [0.05, 0.1) is 5.75 Å². The van der Waals surface area contributed by atoms with Crippen molar-refractivity contribution in [1.82, 2.24) is 5.32 Å². The highest BCUT2D eigenvalue weighted by Gasteiger charge is 2.00. The van der Waals surface area contributed by atoms with Gasteiger partial charge in [-0.3, -0.25) is 0 Å². The molecule has 0 saturated heterocycles. The van der Waals surface area contributed by atoms with E-state index >= 15 is 0 Å². The summed E-state index contributed by atoms with van der Waals surface area (Å²) in [7, 11) is -2.83. The smallest absolute Gasteiger partial charge is 0.148 e. The number of hydrogen-bond acceptors (Lipinski definition) is 4.